The van der Waals surface area contributed by atoms with Gasteiger partial charge in [0.15, 0.2) is 0 Å². The first-order valence-corrected chi connectivity index (χ1v) is 13.5. The molecule has 36 heavy (non-hydrogen) atoms. The Morgan fingerprint density at radius 3 is 2.44 bits per heavy atom. The number of nitrogens with zero attached hydrogens (tertiary/aromatic N) is 2. The van der Waals surface area contributed by atoms with E-state index in [0.29, 0.717) is 50.1 Å². The van der Waals surface area contributed by atoms with Crippen LogP contribution in [0.2, 0.25) is 0 Å². The summed E-state index contributed by atoms with van der Waals surface area (Å²) < 4.78 is 45.3. The summed E-state index contributed by atoms with van der Waals surface area (Å²) in [6.07, 6.45) is 2.79. The second-order valence-corrected chi connectivity index (χ2v) is 10.0. The molecule has 9 heteroatoms. The van der Waals surface area contributed by atoms with E-state index in [9.17, 15) is 17.8 Å². The Balaban J connectivity index is 1.78. The third kappa shape index (κ3) is 7.41. The SMILES string of the molecule is CCOC(=O)CCCC(CCCN(c1ccc(OC)cc1)S(=O)(=O)O)c1cc(C)c2ccccc2n1. The van der Waals surface area contributed by atoms with Crippen molar-refractivity contribution in [2.75, 3.05) is 24.6 Å². The minimum absolute atomic E-state index is 0.0156. The van der Waals surface area contributed by atoms with Crippen LogP contribution in [0.5, 0.6) is 5.75 Å². The van der Waals surface area contributed by atoms with E-state index in [0.717, 1.165) is 26.5 Å². The van der Waals surface area contributed by atoms with E-state index in [1.807, 2.05) is 31.2 Å². The number of pyridine rings is 1. The summed E-state index contributed by atoms with van der Waals surface area (Å²) in [7, 11) is -2.93. The van der Waals surface area contributed by atoms with Gasteiger partial charge in [0.1, 0.15) is 5.75 Å². The molecule has 0 radical (unpaired) electrons. The smallest absolute Gasteiger partial charge is 0.359 e. The first-order chi connectivity index (χ1) is 17.2. The minimum Gasteiger partial charge on any atom is -0.497 e. The molecule has 1 unspecified atom stereocenters. The lowest BCUT2D eigenvalue weighted by molar-refractivity contribution is -0.143. The zero-order chi connectivity index (χ0) is 26.1. The lowest BCUT2D eigenvalue weighted by atomic mass is 9.91. The van der Waals surface area contributed by atoms with Crippen LogP contribution in [0.25, 0.3) is 10.9 Å². The number of carbonyl (C=O) groups is 1. The Morgan fingerprint density at radius 2 is 1.78 bits per heavy atom. The molecule has 0 amide bonds. The molecular weight excluding hydrogens is 480 g/mol. The Hall–Kier alpha value is -3.17. The van der Waals surface area contributed by atoms with Crippen LogP contribution in [0.3, 0.4) is 0 Å². The van der Waals surface area contributed by atoms with E-state index in [1.165, 1.54) is 7.11 Å². The first-order valence-electron chi connectivity index (χ1n) is 12.1. The zero-order valence-electron chi connectivity index (χ0n) is 21.0. The Labute approximate surface area is 213 Å². The van der Waals surface area contributed by atoms with Gasteiger partial charge in [-0.1, -0.05) is 18.2 Å². The predicted octanol–water partition coefficient (Wildman–Crippen LogP) is 5.46. The summed E-state index contributed by atoms with van der Waals surface area (Å²) in [5.41, 5.74) is 3.29. The fourth-order valence-corrected chi connectivity index (χ4v) is 5.11. The number of rotatable bonds is 13. The summed E-state index contributed by atoms with van der Waals surface area (Å²) in [5, 5.41) is 1.09. The van der Waals surface area contributed by atoms with Crippen LogP contribution in [0.15, 0.2) is 54.6 Å². The van der Waals surface area contributed by atoms with Gasteiger partial charge in [-0.25, -0.2) is 4.31 Å². The summed E-state index contributed by atoms with van der Waals surface area (Å²) >= 11 is 0. The van der Waals surface area contributed by atoms with E-state index in [1.54, 1.807) is 31.2 Å². The molecule has 1 aromatic heterocycles. The number of carbonyl (C=O) groups excluding carboxylic acids is 1. The standard InChI is InChI=1S/C27H34N2O6S/c1-4-35-27(30)13-7-9-21(26-19-20(2)24-11-5-6-12-25(24)28-26)10-8-18-29(36(31,32)33)22-14-16-23(34-3)17-15-22/h5-6,11-12,14-17,19,21H,4,7-10,13,18H2,1-3H3,(H,31,32,33). The molecule has 0 bridgehead atoms. The monoisotopic (exact) mass is 514 g/mol. The quantitative estimate of drug-likeness (QED) is 0.238. The van der Waals surface area contributed by atoms with E-state index in [-0.39, 0.29) is 18.4 Å². The molecule has 2 aromatic carbocycles. The molecule has 3 aromatic rings. The molecule has 0 aliphatic carbocycles. The van der Waals surface area contributed by atoms with Gasteiger partial charge < -0.3 is 9.47 Å². The van der Waals surface area contributed by atoms with Crippen LogP contribution in [-0.2, 0) is 19.8 Å². The molecule has 0 fully saturated rings. The van der Waals surface area contributed by atoms with E-state index in [2.05, 4.69) is 6.07 Å². The van der Waals surface area contributed by atoms with E-state index < -0.39 is 10.3 Å². The van der Waals surface area contributed by atoms with Gasteiger partial charge in [0.25, 0.3) is 0 Å². The molecule has 1 heterocycles. The van der Waals surface area contributed by atoms with Gasteiger partial charge in [0.2, 0.25) is 0 Å². The summed E-state index contributed by atoms with van der Waals surface area (Å²) in [4.78, 5) is 16.7. The fourth-order valence-electron chi connectivity index (χ4n) is 4.36. The highest BCUT2D eigenvalue weighted by Gasteiger charge is 2.22. The second-order valence-electron chi connectivity index (χ2n) is 8.67. The van der Waals surface area contributed by atoms with Crippen molar-refractivity contribution in [3.8, 4) is 5.75 Å². The number of methoxy groups -OCH3 is 1. The average Bonchev–Trinajstić information content (AvgIpc) is 2.85. The Bertz CT molecular complexity index is 1260. The second kappa shape index (κ2) is 12.7. The number of fused-ring (bicyclic) bond motifs is 1. The Morgan fingerprint density at radius 1 is 1.08 bits per heavy atom. The third-order valence-corrected chi connectivity index (χ3v) is 7.10. The van der Waals surface area contributed by atoms with Gasteiger partial charge in [-0.15, -0.1) is 0 Å². The molecule has 3 rings (SSSR count). The third-order valence-electron chi connectivity index (χ3n) is 6.15. The number of para-hydroxylation sites is 1. The molecular formula is C27H34N2O6S. The normalized spacial score (nSPS) is 12.3. The first kappa shape index (κ1) is 27.4. The van der Waals surface area contributed by atoms with Crippen LogP contribution < -0.4 is 9.04 Å². The molecule has 0 spiro atoms. The number of benzene rings is 2. The van der Waals surface area contributed by atoms with Gasteiger partial charge in [0.05, 0.1) is 24.9 Å². The maximum absolute atomic E-state index is 12.1. The van der Waals surface area contributed by atoms with Gasteiger partial charge >= 0.3 is 16.3 Å². The van der Waals surface area contributed by atoms with Crippen molar-refractivity contribution in [3.63, 3.8) is 0 Å². The van der Waals surface area contributed by atoms with Gasteiger partial charge in [-0.05, 0) is 81.5 Å². The molecule has 0 aliphatic rings. The van der Waals surface area contributed by atoms with Crippen LogP contribution in [-0.4, -0.2) is 44.2 Å². The molecule has 0 saturated heterocycles. The van der Waals surface area contributed by atoms with Crippen molar-refractivity contribution in [1.82, 2.24) is 4.98 Å². The van der Waals surface area contributed by atoms with Crippen molar-refractivity contribution < 1.29 is 27.2 Å². The van der Waals surface area contributed by atoms with Crippen LogP contribution >= 0.6 is 0 Å². The molecule has 0 saturated carbocycles. The number of hydrogen-bond donors (Lipinski definition) is 1. The molecule has 194 valence electrons. The van der Waals surface area contributed by atoms with E-state index >= 15 is 0 Å². The van der Waals surface area contributed by atoms with Crippen molar-refractivity contribution in [3.05, 3.63) is 65.9 Å². The van der Waals surface area contributed by atoms with Crippen molar-refractivity contribution in [1.29, 1.82) is 0 Å². The number of aryl methyl sites for hydroxylation is 1. The largest absolute Gasteiger partial charge is 0.497 e. The molecule has 0 aliphatic heterocycles. The summed E-state index contributed by atoms with van der Waals surface area (Å²) in [6.45, 7) is 4.29. The predicted molar refractivity (Wildman–Crippen MR) is 141 cm³/mol. The number of esters is 1. The van der Waals surface area contributed by atoms with E-state index in [4.69, 9.17) is 14.5 Å². The highest BCUT2D eigenvalue weighted by Crippen LogP contribution is 2.30. The Kier molecular flexibility index (Phi) is 9.66. The van der Waals surface area contributed by atoms with Gasteiger partial charge in [0, 0.05) is 30.0 Å². The summed E-state index contributed by atoms with van der Waals surface area (Å²) in [5.74, 6) is 0.381. The van der Waals surface area contributed by atoms with Crippen LogP contribution in [0, 0.1) is 6.92 Å². The maximum Gasteiger partial charge on any atom is 0.359 e. The van der Waals surface area contributed by atoms with Gasteiger partial charge in [-0.2, -0.15) is 8.42 Å². The molecule has 8 nitrogen and oxygen atoms in total. The molecule has 1 atom stereocenters. The number of ether oxygens (including phenoxy) is 2. The topological polar surface area (TPSA) is 106 Å². The van der Waals surface area contributed by atoms with Crippen LogP contribution in [0.1, 0.15) is 56.2 Å². The maximum atomic E-state index is 12.1. The zero-order valence-corrected chi connectivity index (χ0v) is 21.8. The minimum atomic E-state index is -4.45. The fraction of sp³-hybridized carbons (Fsp3) is 0.407. The van der Waals surface area contributed by atoms with Crippen molar-refractivity contribution >= 4 is 32.9 Å². The molecule has 1 N–H and O–H groups in total. The lowest BCUT2D eigenvalue weighted by Crippen LogP contribution is -2.31. The lowest BCUT2D eigenvalue weighted by Gasteiger charge is -2.23. The number of aromatic nitrogens is 1. The van der Waals surface area contributed by atoms with Gasteiger partial charge in [-0.3, -0.25) is 14.3 Å². The van der Waals surface area contributed by atoms with Crippen molar-refractivity contribution in [2.24, 2.45) is 0 Å². The highest BCUT2D eigenvalue weighted by atomic mass is 32.2. The summed E-state index contributed by atoms with van der Waals surface area (Å²) in [6, 6.07) is 16.5. The number of anilines is 1. The average molecular weight is 515 g/mol. The number of hydrogen-bond acceptors (Lipinski definition) is 6. The van der Waals surface area contributed by atoms with Crippen LogP contribution in [0.4, 0.5) is 5.69 Å². The van der Waals surface area contributed by atoms with Crippen molar-refractivity contribution in [2.45, 2.75) is 51.9 Å². The highest BCUT2D eigenvalue weighted by molar-refractivity contribution is 7.87.